The highest BCUT2D eigenvalue weighted by molar-refractivity contribution is 6.30. The van der Waals surface area contributed by atoms with Crippen molar-refractivity contribution in [3.05, 3.63) is 65.4 Å². The first-order valence-electron chi connectivity index (χ1n) is 6.74. The molecule has 0 saturated carbocycles. The highest BCUT2D eigenvalue weighted by atomic mass is 35.5. The van der Waals surface area contributed by atoms with Crippen LogP contribution < -0.4 is 5.73 Å². The third-order valence-corrected chi connectivity index (χ3v) is 3.42. The summed E-state index contributed by atoms with van der Waals surface area (Å²) in [6.45, 7) is 0.569. The molecule has 0 radical (unpaired) electrons. The average Bonchev–Trinajstić information content (AvgIpc) is 2.93. The van der Waals surface area contributed by atoms with Crippen molar-refractivity contribution in [1.82, 2.24) is 14.8 Å². The zero-order valence-corrected chi connectivity index (χ0v) is 12.2. The topological polar surface area (TPSA) is 56.7 Å². The van der Waals surface area contributed by atoms with Crippen molar-refractivity contribution in [2.24, 2.45) is 5.73 Å². The monoisotopic (exact) mass is 298 g/mol. The molecule has 0 spiro atoms. The van der Waals surface area contributed by atoms with Gasteiger partial charge in [0.1, 0.15) is 0 Å². The second kappa shape index (κ2) is 6.08. The van der Waals surface area contributed by atoms with Crippen LogP contribution in [0.4, 0.5) is 0 Å². The van der Waals surface area contributed by atoms with E-state index in [2.05, 4.69) is 10.1 Å². The molecule has 0 amide bonds. The zero-order chi connectivity index (χ0) is 14.7. The molecule has 0 fully saturated rings. The van der Waals surface area contributed by atoms with Gasteiger partial charge in [0, 0.05) is 23.2 Å². The van der Waals surface area contributed by atoms with Gasteiger partial charge in [-0.05, 0) is 36.9 Å². The summed E-state index contributed by atoms with van der Waals surface area (Å²) in [5, 5.41) is 5.32. The van der Waals surface area contributed by atoms with Gasteiger partial charge in [-0.2, -0.15) is 5.10 Å². The van der Waals surface area contributed by atoms with Crippen LogP contribution in [-0.4, -0.2) is 21.3 Å². The molecule has 1 aromatic carbocycles. The van der Waals surface area contributed by atoms with Crippen LogP contribution in [0.5, 0.6) is 0 Å². The van der Waals surface area contributed by atoms with E-state index in [0.717, 1.165) is 29.2 Å². The summed E-state index contributed by atoms with van der Waals surface area (Å²) >= 11 is 5.96. The fourth-order valence-corrected chi connectivity index (χ4v) is 2.31. The van der Waals surface area contributed by atoms with Crippen LogP contribution in [0, 0.1) is 0 Å². The van der Waals surface area contributed by atoms with Crippen LogP contribution >= 0.6 is 11.6 Å². The number of rotatable bonds is 4. The van der Waals surface area contributed by atoms with Crippen molar-refractivity contribution >= 4 is 11.6 Å². The maximum Gasteiger partial charge on any atom is 0.153 e. The second-order valence-corrected chi connectivity index (χ2v) is 5.10. The number of halogens is 1. The molecule has 0 bridgehead atoms. The zero-order valence-electron chi connectivity index (χ0n) is 11.4. The molecule has 0 aliphatic carbocycles. The molecule has 2 aromatic heterocycles. The molecular formula is C16H15ClN4. The lowest BCUT2D eigenvalue weighted by Gasteiger charge is -2.06. The molecule has 0 aliphatic rings. The largest absolute Gasteiger partial charge is 0.330 e. The molecular weight excluding hydrogens is 284 g/mol. The van der Waals surface area contributed by atoms with E-state index in [-0.39, 0.29) is 0 Å². The van der Waals surface area contributed by atoms with Crippen molar-refractivity contribution in [2.75, 3.05) is 6.54 Å². The SMILES string of the molecule is NCCc1cc(-c2ccc(Cl)cc2)n(-c2ccccn2)n1. The van der Waals surface area contributed by atoms with E-state index in [1.54, 1.807) is 6.20 Å². The molecule has 106 valence electrons. The van der Waals surface area contributed by atoms with E-state index in [0.29, 0.717) is 11.6 Å². The van der Waals surface area contributed by atoms with Crippen molar-refractivity contribution in [2.45, 2.75) is 6.42 Å². The number of hydrogen-bond acceptors (Lipinski definition) is 3. The van der Waals surface area contributed by atoms with E-state index in [1.165, 1.54) is 0 Å². The third kappa shape index (κ3) is 2.96. The lowest BCUT2D eigenvalue weighted by Crippen LogP contribution is -2.05. The van der Waals surface area contributed by atoms with Gasteiger partial charge in [0.15, 0.2) is 5.82 Å². The van der Waals surface area contributed by atoms with Gasteiger partial charge in [0.05, 0.1) is 11.4 Å². The Morgan fingerprint density at radius 3 is 2.57 bits per heavy atom. The number of aromatic nitrogens is 3. The first kappa shape index (κ1) is 13.8. The molecule has 3 aromatic rings. The molecule has 0 aliphatic heterocycles. The molecule has 0 atom stereocenters. The smallest absolute Gasteiger partial charge is 0.153 e. The van der Waals surface area contributed by atoms with E-state index in [1.807, 2.05) is 53.2 Å². The first-order chi connectivity index (χ1) is 10.3. The molecule has 3 rings (SSSR count). The van der Waals surface area contributed by atoms with Crippen molar-refractivity contribution in [3.8, 4) is 17.1 Å². The van der Waals surface area contributed by atoms with E-state index in [9.17, 15) is 0 Å². The van der Waals surface area contributed by atoms with Crippen molar-refractivity contribution in [3.63, 3.8) is 0 Å². The Kier molecular flexibility index (Phi) is 3.99. The number of pyridine rings is 1. The van der Waals surface area contributed by atoms with Crippen molar-refractivity contribution < 1.29 is 0 Å². The number of benzene rings is 1. The van der Waals surface area contributed by atoms with Gasteiger partial charge in [0.2, 0.25) is 0 Å². The summed E-state index contributed by atoms with van der Waals surface area (Å²) in [5.74, 6) is 0.783. The van der Waals surface area contributed by atoms with E-state index in [4.69, 9.17) is 17.3 Å². The standard InChI is InChI=1S/C16H15ClN4/c17-13-6-4-12(5-7-13)15-11-14(8-9-18)20-21(15)16-3-1-2-10-19-16/h1-7,10-11H,8-9,18H2. The van der Waals surface area contributed by atoms with Crippen LogP contribution in [0.15, 0.2) is 54.7 Å². The minimum absolute atomic E-state index is 0.569. The van der Waals surface area contributed by atoms with Crippen LogP contribution in [0.25, 0.3) is 17.1 Å². The molecule has 0 saturated heterocycles. The molecule has 2 heterocycles. The first-order valence-corrected chi connectivity index (χ1v) is 7.12. The lowest BCUT2D eigenvalue weighted by atomic mass is 10.1. The summed E-state index contributed by atoms with van der Waals surface area (Å²) in [6, 6.07) is 15.5. The Morgan fingerprint density at radius 2 is 1.90 bits per heavy atom. The van der Waals surface area contributed by atoms with Gasteiger partial charge in [-0.25, -0.2) is 9.67 Å². The van der Waals surface area contributed by atoms with Crippen LogP contribution in [-0.2, 0) is 6.42 Å². The predicted octanol–water partition coefficient (Wildman–Crippen LogP) is 3.09. The summed E-state index contributed by atoms with van der Waals surface area (Å²) in [7, 11) is 0. The predicted molar refractivity (Wildman–Crippen MR) is 84.6 cm³/mol. The third-order valence-electron chi connectivity index (χ3n) is 3.17. The highest BCUT2D eigenvalue weighted by Gasteiger charge is 2.12. The maximum atomic E-state index is 5.96. The Bertz CT molecular complexity index is 720. The van der Waals surface area contributed by atoms with Gasteiger partial charge >= 0.3 is 0 Å². The number of nitrogens with two attached hydrogens (primary N) is 1. The summed E-state index contributed by atoms with van der Waals surface area (Å²) in [6.07, 6.45) is 2.49. The van der Waals surface area contributed by atoms with Crippen molar-refractivity contribution in [1.29, 1.82) is 0 Å². The Balaban J connectivity index is 2.11. The van der Waals surface area contributed by atoms with Gasteiger partial charge in [0.25, 0.3) is 0 Å². The number of hydrogen-bond donors (Lipinski definition) is 1. The lowest BCUT2D eigenvalue weighted by molar-refractivity contribution is 0.806. The van der Waals surface area contributed by atoms with Gasteiger partial charge in [-0.3, -0.25) is 0 Å². The van der Waals surface area contributed by atoms with Gasteiger partial charge in [-0.15, -0.1) is 0 Å². The van der Waals surface area contributed by atoms with Crippen LogP contribution in [0.2, 0.25) is 5.02 Å². The summed E-state index contributed by atoms with van der Waals surface area (Å²) in [4.78, 5) is 4.37. The van der Waals surface area contributed by atoms with Gasteiger partial charge < -0.3 is 5.73 Å². The average molecular weight is 299 g/mol. The Hall–Kier alpha value is -2.17. The Morgan fingerprint density at radius 1 is 1.10 bits per heavy atom. The maximum absolute atomic E-state index is 5.96. The fraction of sp³-hybridized carbons (Fsp3) is 0.125. The van der Waals surface area contributed by atoms with Gasteiger partial charge in [-0.1, -0.05) is 29.8 Å². The summed E-state index contributed by atoms with van der Waals surface area (Å²) < 4.78 is 1.84. The molecule has 5 heteroatoms. The summed E-state index contributed by atoms with van der Waals surface area (Å²) in [5.41, 5.74) is 8.61. The van der Waals surface area contributed by atoms with E-state index >= 15 is 0 Å². The fourth-order valence-electron chi connectivity index (χ4n) is 2.18. The van der Waals surface area contributed by atoms with Crippen LogP contribution in [0.3, 0.4) is 0 Å². The minimum atomic E-state index is 0.569. The second-order valence-electron chi connectivity index (χ2n) is 4.67. The highest BCUT2D eigenvalue weighted by Crippen LogP contribution is 2.24. The quantitative estimate of drug-likeness (QED) is 0.805. The van der Waals surface area contributed by atoms with E-state index < -0.39 is 0 Å². The molecule has 21 heavy (non-hydrogen) atoms. The molecule has 4 nitrogen and oxygen atoms in total. The number of nitrogens with zero attached hydrogens (tertiary/aromatic N) is 3. The molecule has 0 unspecified atom stereocenters. The van der Waals surface area contributed by atoms with Crippen LogP contribution in [0.1, 0.15) is 5.69 Å². The minimum Gasteiger partial charge on any atom is -0.330 e. The molecule has 2 N–H and O–H groups in total. The Labute approximate surface area is 128 Å². The normalized spacial score (nSPS) is 10.8.